The number of amides is 1. The van der Waals surface area contributed by atoms with Crippen LogP contribution in [0.25, 0.3) is 0 Å². The van der Waals surface area contributed by atoms with Gasteiger partial charge >= 0.3 is 0 Å². The minimum Gasteiger partial charge on any atom is -0.383 e. The summed E-state index contributed by atoms with van der Waals surface area (Å²) in [6, 6.07) is 5.88. The van der Waals surface area contributed by atoms with E-state index < -0.39 is 0 Å². The fraction of sp³-hybridized carbons (Fsp3) is 0.364. The van der Waals surface area contributed by atoms with Crippen molar-refractivity contribution < 1.29 is 4.79 Å². The van der Waals surface area contributed by atoms with Gasteiger partial charge in [-0.25, -0.2) is 0 Å². The predicted molar refractivity (Wildman–Crippen MR) is 68.7 cm³/mol. The predicted octanol–water partition coefficient (Wildman–Crippen LogP) is 1.56. The molecule has 1 heterocycles. The molecule has 2 rings (SSSR count). The van der Waals surface area contributed by atoms with Gasteiger partial charge in [0.25, 0.3) is 0 Å². The monoisotopic (exact) mass is 283 g/mol. The summed E-state index contributed by atoms with van der Waals surface area (Å²) in [7, 11) is 0. The summed E-state index contributed by atoms with van der Waals surface area (Å²) in [4.78, 5) is 13.5. The zero-order valence-electron chi connectivity index (χ0n) is 8.87. The van der Waals surface area contributed by atoms with E-state index in [-0.39, 0.29) is 12.5 Å². The average molecular weight is 284 g/mol. The number of carbonyl (C=O) groups is 1. The van der Waals surface area contributed by atoms with E-state index in [1.807, 2.05) is 18.2 Å². The normalized spacial score (nSPS) is 15.0. The Balaban J connectivity index is 2.42. The van der Waals surface area contributed by atoms with Crippen LogP contribution in [0.4, 0.5) is 11.4 Å². The molecule has 1 aliphatic heterocycles. The smallest absolute Gasteiger partial charge is 0.240 e. The maximum Gasteiger partial charge on any atom is 0.240 e. The fourth-order valence-corrected chi connectivity index (χ4v) is 2.18. The van der Waals surface area contributed by atoms with Crippen LogP contribution in [0.1, 0.15) is 6.42 Å². The fourth-order valence-electron chi connectivity index (χ4n) is 1.83. The molecule has 4 nitrogen and oxygen atoms in total. The summed E-state index contributed by atoms with van der Waals surface area (Å²) in [6.07, 6.45) is 0.929. The number of hydrogen-bond acceptors (Lipinski definition) is 3. The third-order valence-corrected chi connectivity index (χ3v) is 3.09. The van der Waals surface area contributed by atoms with E-state index in [0.29, 0.717) is 6.54 Å². The number of halogens is 1. The Labute approximate surface area is 103 Å². The molecule has 86 valence electrons. The van der Waals surface area contributed by atoms with Crippen LogP contribution in [0.2, 0.25) is 0 Å². The van der Waals surface area contributed by atoms with Crippen LogP contribution < -0.4 is 16.0 Å². The highest BCUT2D eigenvalue weighted by Gasteiger charge is 2.19. The average Bonchev–Trinajstić information content (AvgIpc) is 2.50. The Morgan fingerprint density at radius 2 is 2.38 bits per heavy atom. The SMILES string of the molecule is NCC(=O)N1CCCNc2ccc(Br)cc21. The van der Waals surface area contributed by atoms with Gasteiger partial charge in [0, 0.05) is 17.6 Å². The van der Waals surface area contributed by atoms with Crippen LogP contribution in [0.15, 0.2) is 22.7 Å². The van der Waals surface area contributed by atoms with E-state index in [2.05, 4.69) is 21.2 Å². The summed E-state index contributed by atoms with van der Waals surface area (Å²) in [5.41, 5.74) is 7.32. The molecular formula is C11H14BrN3O. The first-order valence-corrected chi connectivity index (χ1v) is 6.05. The van der Waals surface area contributed by atoms with Crippen molar-refractivity contribution in [2.24, 2.45) is 5.73 Å². The molecule has 16 heavy (non-hydrogen) atoms. The van der Waals surface area contributed by atoms with E-state index in [9.17, 15) is 4.79 Å². The highest BCUT2D eigenvalue weighted by atomic mass is 79.9. The molecule has 1 aromatic rings. The first-order chi connectivity index (χ1) is 7.72. The van der Waals surface area contributed by atoms with Crippen LogP contribution >= 0.6 is 15.9 Å². The highest BCUT2D eigenvalue weighted by Crippen LogP contribution is 2.31. The molecule has 1 amide bonds. The van der Waals surface area contributed by atoms with E-state index in [0.717, 1.165) is 28.8 Å². The summed E-state index contributed by atoms with van der Waals surface area (Å²) in [6.45, 7) is 1.64. The molecule has 0 fully saturated rings. The molecule has 0 saturated heterocycles. The van der Waals surface area contributed by atoms with Crippen molar-refractivity contribution in [2.75, 3.05) is 29.9 Å². The summed E-state index contributed by atoms with van der Waals surface area (Å²) in [5.74, 6) is -0.0388. The number of nitrogens with one attached hydrogen (secondary N) is 1. The first kappa shape index (κ1) is 11.4. The Morgan fingerprint density at radius 1 is 1.56 bits per heavy atom. The quantitative estimate of drug-likeness (QED) is 0.822. The van der Waals surface area contributed by atoms with E-state index in [1.54, 1.807) is 4.90 Å². The Morgan fingerprint density at radius 3 is 3.12 bits per heavy atom. The molecule has 0 atom stereocenters. The number of rotatable bonds is 1. The Bertz CT molecular complexity index is 408. The largest absolute Gasteiger partial charge is 0.383 e. The van der Waals surface area contributed by atoms with Gasteiger partial charge in [-0.2, -0.15) is 0 Å². The van der Waals surface area contributed by atoms with Crippen LogP contribution in [0, 0.1) is 0 Å². The molecule has 0 bridgehead atoms. The van der Waals surface area contributed by atoms with E-state index in [1.165, 1.54) is 0 Å². The molecule has 0 spiro atoms. The highest BCUT2D eigenvalue weighted by molar-refractivity contribution is 9.10. The molecule has 0 radical (unpaired) electrons. The maximum atomic E-state index is 11.8. The van der Waals surface area contributed by atoms with Crippen molar-refractivity contribution in [1.82, 2.24) is 0 Å². The number of anilines is 2. The number of carbonyl (C=O) groups excluding carboxylic acids is 1. The number of benzene rings is 1. The Hall–Kier alpha value is -1.07. The van der Waals surface area contributed by atoms with Crippen molar-refractivity contribution in [2.45, 2.75) is 6.42 Å². The van der Waals surface area contributed by atoms with Gasteiger partial charge < -0.3 is 16.0 Å². The lowest BCUT2D eigenvalue weighted by Crippen LogP contribution is -2.36. The number of nitrogens with zero attached hydrogens (tertiary/aromatic N) is 1. The van der Waals surface area contributed by atoms with Crippen LogP contribution in [-0.2, 0) is 4.79 Å². The van der Waals surface area contributed by atoms with E-state index in [4.69, 9.17) is 5.73 Å². The van der Waals surface area contributed by atoms with Gasteiger partial charge in [0.1, 0.15) is 0 Å². The van der Waals surface area contributed by atoms with Crippen LogP contribution in [0.5, 0.6) is 0 Å². The summed E-state index contributed by atoms with van der Waals surface area (Å²) >= 11 is 3.42. The van der Waals surface area contributed by atoms with Gasteiger partial charge in [-0.1, -0.05) is 15.9 Å². The molecule has 1 aliphatic rings. The second kappa shape index (κ2) is 4.84. The summed E-state index contributed by atoms with van der Waals surface area (Å²) in [5, 5.41) is 3.31. The van der Waals surface area contributed by atoms with Crippen LogP contribution in [-0.4, -0.2) is 25.5 Å². The topological polar surface area (TPSA) is 58.4 Å². The zero-order chi connectivity index (χ0) is 11.5. The minimum absolute atomic E-state index is 0.0388. The lowest BCUT2D eigenvalue weighted by Gasteiger charge is -2.21. The van der Waals surface area contributed by atoms with Gasteiger partial charge in [-0.15, -0.1) is 0 Å². The maximum absolute atomic E-state index is 11.8. The molecule has 0 saturated carbocycles. The van der Waals surface area contributed by atoms with Crippen LogP contribution in [0.3, 0.4) is 0 Å². The van der Waals surface area contributed by atoms with Gasteiger partial charge in [-0.3, -0.25) is 4.79 Å². The van der Waals surface area contributed by atoms with Gasteiger partial charge in [0.2, 0.25) is 5.91 Å². The number of nitrogens with two attached hydrogens (primary N) is 1. The Kier molecular flexibility index (Phi) is 3.46. The molecule has 0 aromatic heterocycles. The third kappa shape index (κ3) is 2.20. The first-order valence-electron chi connectivity index (χ1n) is 5.26. The van der Waals surface area contributed by atoms with Crippen molar-refractivity contribution in [3.63, 3.8) is 0 Å². The third-order valence-electron chi connectivity index (χ3n) is 2.60. The minimum atomic E-state index is -0.0388. The molecule has 0 aliphatic carbocycles. The van der Waals surface area contributed by atoms with Gasteiger partial charge in [0.05, 0.1) is 17.9 Å². The van der Waals surface area contributed by atoms with Crippen molar-refractivity contribution in [1.29, 1.82) is 0 Å². The molecule has 1 aromatic carbocycles. The lowest BCUT2D eigenvalue weighted by atomic mass is 10.2. The van der Waals surface area contributed by atoms with Gasteiger partial charge in [0.15, 0.2) is 0 Å². The number of hydrogen-bond donors (Lipinski definition) is 2. The molecular weight excluding hydrogens is 270 g/mol. The van der Waals surface area contributed by atoms with Crippen molar-refractivity contribution >= 4 is 33.2 Å². The standard InChI is InChI=1S/C11H14BrN3O/c12-8-2-3-9-10(6-8)15(11(16)7-13)5-1-4-14-9/h2-3,6,14H,1,4-5,7,13H2. The second-order valence-corrected chi connectivity index (χ2v) is 4.61. The lowest BCUT2D eigenvalue weighted by molar-refractivity contribution is -0.117. The molecule has 5 heteroatoms. The van der Waals surface area contributed by atoms with Crippen molar-refractivity contribution in [3.05, 3.63) is 22.7 Å². The molecule has 3 N–H and O–H groups in total. The molecule has 0 unspecified atom stereocenters. The van der Waals surface area contributed by atoms with Crippen molar-refractivity contribution in [3.8, 4) is 0 Å². The zero-order valence-corrected chi connectivity index (χ0v) is 10.5. The summed E-state index contributed by atoms with van der Waals surface area (Å²) < 4.78 is 0.963. The van der Waals surface area contributed by atoms with E-state index >= 15 is 0 Å². The number of fused-ring (bicyclic) bond motifs is 1. The van der Waals surface area contributed by atoms with Gasteiger partial charge in [-0.05, 0) is 24.6 Å². The second-order valence-electron chi connectivity index (χ2n) is 3.69.